The van der Waals surface area contributed by atoms with Crippen LogP contribution in [0.1, 0.15) is 26.2 Å². The molecule has 1 fully saturated rings. The molecule has 1 aliphatic heterocycles. The van der Waals surface area contributed by atoms with Crippen LogP contribution in [0, 0.1) is 0 Å². The minimum atomic E-state index is 0.712. The molecule has 2 atom stereocenters. The van der Waals surface area contributed by atoms with Crippen molar-refractivity contribution in [1.82, 2.24) is 0 Å². The zero-order valence-electron chi connectivity index (χ0n) is 6.31. The summed E-state index contributed by atoms with van der Waals surface area (Å²) in [7, 11) is 1.79. The number of rotatable bonds is 1. The Morgan fingerprint density at radius 2 is 2.22 bits per heavy atom. The molecule has 0 saturated carbocycles. The summed E-state index contributed by atoms with van der Waals surface area (Å²) in [6.07, 6.45) is 4.03. The molecular formula is C7H16NO+. The standard InChI is InChI=1S/C7H15NO/c1-7-5-3-4-6-8(7)9-2/h7H,3-6H2,1-2H3/p+1. The lowest BCUT2D eigenvalue weighted by Crippen LogP contribution is -3.15. The van der Waals surface area contributed by atoms with E-state index in [2.05, 4.69) is 6.92 Å². The van der Waals surface area contributed by atoms with Crippen molar-refractivity contribution in [3.63, 3.8) is 0 Å². The minimum absolute atomic E-state index is 0.712. The van der Waals surface area contributed by atoms with E-state index in [9.17, 15) is 0 Å². The summed E-state index contributed by atoms with van der Waals surface area (Å²) in [5, 5.41) is 1.31. The second kappa shape index (κ2) is 3.18. The molecule has 0 aromatic carbocycles. The van der Waals surface area contributed by atoms with Gasteiger partial charge in [0.1, 0.15) is 12.6 Å². The number of hydrogen-bond acceptors (Lipinski definition) is 1. The summed E-state index contributed by atoms with van der Waals surface area (Å²) in [5.74, 6) is 0. The first-order valence-corrected chi connectivity index (χ1v) is 3.74. The lowest BCUT2D eigenvalue weighted by atomic mass is 10.1. The van der Waals surface area contributed by atoms with Gasteiger partial charge in [0.05, 0.1) is 7.11 Å². The number of quaternary nitrogens is 1. The van der Waals surface area contributed by atoms with Gasteiger partial charge in [0.25, 0.3) is 0 Å². The molecule has 0 spiro atoms. The highest BCUT2D eigenvalue weighted by atomic mass is 16.7. The van der Waals surface area contributed by atoms with Crippen molar-refractivity contribution in [3.8, 4) is 0 Å². The minimum Gasteiger partial charge on any atom is -0.208 e. The second-order valence-electron chi connectivity index (χ2n) is 2.82. The third-order valence-corrected chi connectivity index (χ3v) is 2.12. The first-order valence-electron chi connectivity index (χ1n) is 3.74. The Morgan fingerprint density at radius 1 is 1.44 bits per heavy atom. The Morgan fingerprint density at radius 3 is 2.67 bits per heavy atom. The lowest BCUT2D eigenvalue weighted by molar-refractivity contribution is -1.11. The molecule has 1 rings (SSSR count). The summed E-state index contributed by atoms with van der Waals surface area (Å²) in [4.78, 5) is 5.22. The van der Waals surface area contributed by atoms with E-state index in [1.54, 1.807) is 7.11 Å². The first-order chi connectivity index (χ1) is 4.34. The van der Waals surface area contributed by atoms with Crippen molar-refractivity contribution < 1.29 is 9.90 Å². The zero-order valence-corrected chi connectivity index (χ0v) is 6.31. The van der Waals surface area contributed by atoms with Gasteiger partial charge in [-0.3, -0.25) is 0 Å². The normalized spacial score (nSPS) is 36.7. The van der Waals surface area contributed by atoms with Gasteiger partial charge >= 0.3 is 0 Å². The van der Waals surface area contributed by atoms with E-state index in [0.29, 0.717) is 6.04 Å². The smallest absolute Gasteiger partial charge is 0.114 e. The van der Waals surface area contributed by atoms with Crippen molar-refractivity contribution in [2.75, 3.05) is 13.7 Å². The highest BCUT2D eigenvalue weighted by Gasteiger charge is 2.21. The fourth-order valence-corrected chi connectivity index (χ4v) is 1.46. The Kier molecular flexibility index (Phi) is 2.49. The van der Waals surface area contributed by atoms with E-state index in [1.807, 2.05) is 0 Å². The van der Waals surface area contributed by atoms with Crippen LogP contribution in [0.3, 0.4) is 0 Å². The van der Waals surface area contributed by atoms with Gasteiger partial charge in [-0.25, -0.2) is 4.84 Å². The van der Waals surface area contributed by atoms with Crippen molar-refractivity contribution in [2.45, 2.75) is 32.2 Å². The summed E-state index contributed by atoms with van der Waals surface area (Å²) in [6.45, 7) is 3.44. The number of hydroxylamine groups is 2. The van der Waals surface area contributed by atoms with E-state index < -0.39 is 0 Å². The molecule has 0 radical (unpaired) electrons. The zero-order chi connectivity index (χ0) is 6.69. The molecule has 9 heavy (non-hydrogen) atoms. The SMILES string of the molecule is CO[NH+]1CCCCC1C. The van der Waals surface area contributed by atoms with Crippen LogP contribution in [0.2, 0.25) is 0 Å². The van der Waals surface area contributed by atoms with Gasteiger partial charge in [0, 0.05) is 6.42 Å². The topological polar surface area (TPSA) is 13.7 Å². The van der Waals surface area contributed by atoms with Gasteiger partial charge in [-0.2, -0.15) is 5.06 Å². The molecule has 1 N–H and O–H groups in total. The lowest BCUT2D eigenvalue weighted by Gasteiger charge is -2.25. The van der Waals surface area contributed by atoms with E-state index >= 15 is 0 Å². The van der Waals surface area contributed by atoms with E-state index in [4.69, 9.17) is 4.84 Å². The predicted octanol–water partition coefficient (Wildman–Crippen LogP) is 0.00510. The molecule has 2 heteroatoms. The molecular weight excluding hydrogens is 114 g/mol. The van der Waals surface area contributed by atoms with Crippen LogP contribution in [-0.4, -0.2) is 19.7 Å². The van der Waals surface area contributed by atoms with Crippen LogP contribution < -0.4 is 5.06 Å². The van der Waals surface area contributed by atoms with E-state index in [1.165, 1.54) is 30.9 Å². The van der Waals surface area contributed by atoms with Crippen LogP contribution in [-0.2, 0) is 4.84 Å². The second-order valence-corrected chi connectivity index (χ2v) is 2.82. The fraction of sp³-hybridized carbons (Fsp3) is 1.00. The third kappa shape index (κ3) is 1.66. The first kappa shape index (κ1) is 7.03. The third-order valence-electron chi connectivity index (χ3n) is 2.12. The highest BCUT2D eigenvalue weighted by molar-refractivity contribution is 4.52. The molecule has 2 nitrogen and oxygen atoms in total. The maximum absolute atomic E-state index is 5.22. The molecule has 1 heterocycles. The maximum atomic E-state index is 5.22. The summed E-state index contributed by atoms with van der Waals surface area (Å²) >= 11 is 0. The van der Waals surface area contributed by atoms with Crippen molar-refractivity contribution in [2.24, 2.45) is 0 Å². The number of piperidine rings is 1. The van der Waals surface area contributed by atoms with Crippen LogP contribution >= 0.6 is 0 Å². The number of hydrogen-bond donors (Lipinski definition) is 1. The van der Waals surface area contributed by atoms with E-state index in [0.717, 1.165) is 0 Å². The monoisotopic (exact) mass is 130 g/mol. The fourth-order valence-electron chi connectivity index (χ4n) is 1.46. The molecule has 0 bridgehead atoms. The summed E-state index contributed by atoms with van der Waals surface area (Å²) < 4.78 is 0. The molecule has 0 aliphatic carbocycles. The van der Waals surface area contributed by atoms with Crippen LogP contribution in [0.15, 0.2) is 0 Å². The molecule has 0 amide bonds. The number of nitrogens with one attached hydrogen (secondary N) is 1. The summed E-state index contributed by atoms with van der Waals surface area (Å²) in [6, 6.07) is 0.712. The average Bonchev–Trinajstić information content (AvgIpc) is 1.89. The summed E-state index contributed by atoms with van der Waals surface area (Å²) in [5.41, 5.74) is 0. The Bertz CT molecular complexity index is 85.0. The van der Waals surface area contributed by atoms with Crippen molar-refractivity contribution in [1.29, 1.82) is 0 Å². The van der Waals surface area contributed by atoms with Crippen LogP contribution in [0.4, 0.5) is 0 Å². The van der Waals surface area contributed by atoms with Crippen LogP contribution in [0.25, 0.3) is 0 Å². The van der Waals surface area contributed by atoms with Gasteiger partial charge in [-0.05, 0) is 19.8 Å². The Balaban J connectivity index is 2.30. The van der Waals surface area contributed by atoms with Gasteiger partial charge in [0.2, 0.25) is 0 Å². The highest BCUT2D eigenvalue weighted by Crippen LogP contribution is 2.00. The Labute approximate surface area is 56.8 Å². The van der Waals surface area contributed by atoms with Gasteiger partial charge in [0.15, 0.2) is 0 Å². The average molecular weight is 130 g/mol. The molecule has 0 aromatic rings. The Hall–Kier alpha value is -0.0800. The van der Waals surface area contributed by atoms with Crippen LogP contribution in [0.5, 0.6) is 0 Å². The quantitative estimate of drug-likeness (QED) is 0.527. The molecule has 2 unspecified atom stereocenters. The van der Waals surface area contributed by atoms with E-state index in [-0.39, 0.29) is 0 Å². The van der Waals surface area contributed by atoms with Crippen molar-refractivity contribution in [3.05, 3.63) is 0 Å². The molecule has 1 saturated heterocycles. The largest absolute Gasteiger partial charge is 0.208 e. The van der Waals surface area contributed by atoms with Gasteiger partial charge in [-0.1, -0.05) is 0 Å². The van der Waals surface area contributed by atoms with Gasteiger partial charge in [-0.15, -0.1) is 0 Å². The van der Waals surface area contributed by atoms with Gasteiger partial charge < -0.3 is 0 Å². The maximum Gasteiger partial charge on any atom is 0.114 e. The molecule has 0 aromatic heterocycles. The molecule has 1 aliphatic rings. The molecule has 54 valence electrons. The predicted molar refractivity (Wildman–Crippen MR) is 36.2 cm³/mol. The van der Waals surface area contributed by atoms with Crippen molar-refractivity contribution >= 4 is 0 Å².